The molecule has 0 aliphatic carbocycles. The zero-order chi connectivity index (χ0) is 30.8. The molecule has 0 aromatic carbocycles. The summed E-state index contributed by atoms with van der Waals surface area (Å²) in [6.45, 7) is 11.6. The van der Waals surface area contributed by atoms with Gasteiger partial charge >= 0.3 is 12.2 Å². The van der Waals surface area contributed by atoms with Gasteiger partial charge in [0.25, 0.3) is 0 Å². The predicted octanol–water partition coefficient (Wildman–Crippen LogP) is 5.19. The summed E-state index contributed by atoms with van der Waals surface area (Å²) in [5.74, 6) is 0.283. The minimum Gasteiger partial charge on any atom is -0.479 e. The number of aromatic nitrogens is 4. The topological polar surface area (TPSA) is 138 Å². The first-order valence-corrected chi connectivity index (χ1v) is 13.7. The molecular formula is C29H38N6O7. The van der Waals surface area contributed by atoms with Crippen molar-refractivity contribution in [3.63, 3.8) is 0 Å². The van der Waals surface area contributed by atoms with Gasteiger partial charge in [-0.3, -0.25) is 9.69 Å². The number of methoxy groups -OCH3 is 1. The van der Waals surface area contributed by atoms with Crippen molar-refractivity contribution < 1.29 is 33.3 Å². The van der Waals surface area contributed by atoms with Crippen LogP contribution in [0.1, 0.15) is 64.7 Å². The molecule has 1 fully saturated rings. The second-order valence-corrected chi connectivity index (χ2v) is 12.0. The Morgan fingerprint density at radius 3 is 2.40 bits per heavy atom. The van der Waals surface area contributed by atoms with Crippen molar-refractivity contribution in [1.82, 2.24) is 19.6 Å². The third-order valence-corrected chi connectivity index (χ3v) is 6.24. The molecule has 2 amide bonds. The number of carbonyl (C=O) groups is 3. The van der Waals surface area contributed by atoms with Crippen molar-refractivity contribution in [1.29, 1.82) is 0 Å². The number of ether oxygens (including phenoxy) is 4. The molecular weight excluding hydrogens is 544 g/mol. The zero-order valence-electron chi connectivity index (χ0n) is 25.3. The van der Waals surface area contributed by atoms with Crippen molar-refractivity contribution >= 4 is 40.9 Å². The molecule has 0 N–H and O–H groups in total. The van der Waals surface area contributed by atoms with E-state index in [-0.39, 0.29) is 52.5 Å². The van der Waals surface area contributed by atoms with Gasteiger partial charge < -0.3 is 18.9 Å². The number of nitrogens with zero attached hydrogens (tertiary/aromatic N) is 6. The molecule has 13 heteroatoms. The molecule has 4 rings (SSSR count). The molecule has 0 radical (unpaired) electrons. The molecule has 4 heterocycles. The number of carbonyl (C=O) groups excluding carboxylic acids is 3. The zero-order valence-corrected chi connectivity index (χ0v) is 25.3. The van der Waals surface area contributed by atoms with Crippen LogP contribution in [0.2, 0.25) is 0 Å². The lowest BCUT2D eigenvalue weighted by molar-refractivity contribution is 0.0582. The van der Waals surface area contributed by atoms with Gasteiger partial charge in [0.15, 0.2) is 11.4 Å². The maximum atomic E-state index is 13.7. The average molecular weight is 583 g/mol. The highest BCUT2D eigenvalue weighted by Gasteiger charge is 2.32. The number of anilines is 3. The fraction of sp³-hybridized carbons (Fsp3) is 0.517. The van der Waals surface area contributed by atoms with Crippen LogP contribution in [0.4, 0.5) is 26.9 Å². The van der Waals surface area contributed by atoms with E-state index in [4.69, 9.17) is 23.9 Å². The number of hydrogen-bond donors (Lipinski definition) is 0. The van der Waals surface area contributed by atoms with Crippen LogP contribution in [0.25, 0.3) is 5.65 Å². The number of hydrogen-bond acceptors (Lipinski definition) is 10. The van der Waals surface area contributed by atoms with E-state index in [1.165, 1.54) is 46.9 Å². The monoisotopic (exact) mass is 582 g/mol. The molecule has 0 bridgehead atoms. The highest BCUT2D eigenvalue weighted by atomic mass is 16.6. The number of ketones is 1. The second kappa shape index (κ2) is 11.9. The molecule has 226 valence electrons. The SMILES string of the molecule is COc1ncccc1N(C(=O)OC(C)(C)C)c1cc(N(C)C(=O)OC(C)(C)C)n2ncc(C(=O)CC3CCOC3)c2n1. The van der Waals surface area contributed by atoms with Crippen LogP contribution in [0.5, 0.6) is 5.88 Å². The van der Waals surface area contributed by atoms with Crippen LogP contribution in [0.15, 0.2) is 30.6 Å². The highest BCUT2D eigenvalue weighted by Crippen LogP contribution is 2.35. The lowest BCUT2D eigenvalue weighted by Crippen LogP contribution is -2.36. The molecule has 1 aliphatic heterocycles. The minimum atomic E-state index is -0.855. The normalized spacial score (nSPS) is 15.4. The predicted molar refractivity (Wildman–Crippen MR) is 155 cm³/mol. The summed E-state index contributed by atoms with van der Waals surface area (Å²) in [4.78, 5) is 51.7. The molecule has 1 aliphatic rings. The first-order valence-electron chi connectivity index (χ1n) is 13.7. The van der Waals surface area contributed by atoms with Gasteiger partial charge in [0.05, 0.1) is 18.9 Å². The summed E-state index contributed by atoms with van der Waals surface area (Å²) in [7, 11) is 2.94. The quantitative estimate of drug-likeness (QED) is 0.342. The van der Waals surface area contributed by atoms with E-state index < -0.39 is 23.4 Å². The van der Waals surface area contributed by atoms with Crippen LogP contribution >= 0.6 is 0 Å². The summed E-state index contributed by atoms with van der Waals surface area (Å²) >= 11 is 0. The Balaban J connectivity index is 1.93. The van der Waals surface area contributed by atoms with Crippen LogP contribution in [-0.2, 0) is 14.2 Å². The van der Waals surface area contributed by atoms with Gasteiger partial charge in [-0.1, -0.05) is 0 Å². The Kier molecular flexibility index (Phi) is 8.71. The number of rotatable bonds is 7. The lowest BCUT2D eigenvalue weighted by Gasteiger charge is -2.28. The van der Waals surface area contributed by atoms with Crippen LogP contribution in [0, 0.1) is 5.92 Å². The lowest BCUT2D eigenvalue weighted by atomic mass is 9.99. The Morgan fingerprint density at radius 1 is 1.10 bits per heavy atom. The van der Waals surface area contributed by atoms with Gasteiger partial charge in [-0.05, 0) is 66.0 Å². The molecule has 1 unspecified atom stereocenters. The van der Waals surface area contributed by atoms with Gasteiger partial charge in [-0.25, -0.2) is 24.5 Å². The maximum absolute atomic E-state index is 13.7. The van der Waals surface area contributed by atoms with E-state index in [2.05, 4.69) is 10.1 Å². The molecule has 13 nitrogen and oxygen atoms in total. The van der Waals surface area contributed by atoms with Crippen molar-refractivity contribution in [2.24, 2.45) is 5.92 Å². The number of fused-ring (bicyclic) bond motifs is 1. The first-order chi connectivity index (χ1) is 19.7. The first kappa shape index (κ1) is 30.7. The molecule has 42 heavy (non-hydrogen) atoms. The average Bonchev–Trinajstić information content (AvgIpc) is 3.56. The van der Waals surface area contributed by atoms with Gasteiger partial charge in [-0.2, -0.15) is 9.61 Å². The summed E-state index contributed by atoms with van der Waals surface area (Å²) in [6, 6.07) is 4.75. The van der Waals surface area contributed by atoms with E-state index in [9.17, 15) is 14.4 Å². The van der Waals surface area contributed by atoms with E-state index in [1.807, 2.05) is 0 Å². The van der Waals surface area contributed by atoms with Gasteiger partial charge in [0.1, 0.15) is 28.5 Å². The van der Waals surface area contributed by atoms with Gasteiger partial charge in [0, 0.05) is 38.9 Å². The van der Waals surface area contributed by atoms with Crippen LogP contribution in [-0.4, -0.2) is 76.1 Å². The van der Waals surface area contributed by atoms with E-state index >= 15 is 0 Å². The third kappa shape index (κ3) is 6.96. The fourth-order valence-corrected chi connectivity index (χ4v) is 4.36. The summed E-state index contributed by atoms with van der Waals surface area (Å²) in [5.41, 5.74) is -0.997. The van der Waals surface area contributed by atoms with Gasteiger partial charge in [-0.15, -0.1) is 0 Å². The van der Waals surface area contributed by atoms with Crippen molar-refractivity contribution in [2.75, 3.05) is 37.2 Å². The Hall–Kier alpha value is -4.26. The fourth-order valence-electron chi connectivity index (χ4n) is 4.36. The Labute approximate surface area is 244 Å². The van der Waals surface area contributed by atoms with Gasteiger partial charge in [0.2, 0.25) is 5.88 Å². The Morgan fingerprint density at radius 2 is 1.79 bits per heavy atom. The summed E-state index contributed by atoms with van der Waals surface area (Å²) in [5, 5.41) is 4.41. The second-order valence-electron chi connectivity index (χ2n) is 12.0. The number of amides is 2. The van der Waals surface area contributed by atoms with Crippen molar-refractivity contribution in [3.05, 3.63) is 36.2 Å². The highest BCUT2D eigenvalue weighted by molar-refractivity contribution is 6.03. The summed E-state index contributed by atoms with van der Waals surface area (Å²) in [6.07, 6.45) is 2.52. The Bertz CT molecular complexity index is 1470. The van der Waals surface area contributed by atoms with E-state index in [1.54, 1.807) is 53.7 Å². The smallest absolute Gasteiger partial charge is 0.420 e. The third-order valence-electron chi connectivity index (χ3n) is 6.24. The molecule has 1 saturated heterocycles. The van der Waals surface area contributed by atoms with E-state index in [0.717, 1.165) is 6.42 Å². The van der Waals surface area contributed by atoms with E-state index in [0.29, 0.717) is 13.2 Å². The van der Waals surface area contributed by atoms with Crippen LogP contribution < -0.4 is 14.5 Å². The molecule has 1 atom stereocenters. The molecule has 3 aromatic heterocycles. The number of pyridine rings is 1. The number of Topliss-reactive ketones (excluding diaryl/α,β-unsaturated/α-hetero) is 1. The molecule has 0 spiro atoms. The van der Waals surface area contributed by atoms with Crippen LogP contribution in [0.3, 0.4) is 0 Å². The standard InChI is InChI=1S/C29H38N6O7/c1-28(2,3)41-26(37)33(7)23-15-22(32-24-19(16-31-35(23)24)21(36)14-18-11-13-40-17-18)34(27(38)42-29(4,5)6)20-10-9-12-30-25(20)39-8/h9-10,12,15-16,18H,11,13-14,17H2,1-8H3. The largest absolute Gasteiger partial charge is 0.479 e. The minimum absolute atomic E-state index is 0.0483. The maximum Gasteiger partial charge on any atom is 0.420 e. The molecule has 0 saturated carbocycles. The van der Waals surface area contributed by atoms with Crippen molar-refractivity contribution in [3.8, 4) is 5.88 Å². The molecule has 3 aromatic rings. The summed E-state index contributed by atoms with van der Waals surface area (Å²) < 4.78 is 23.6. The van der Waals surface area contributed by atoms with Crippen molar-refractivity contribution in [2.45, 2.75) is 65.6 Å².